The summed E-state index contributed by atoms with van der Waals surface area (Å²) in [5, 5.41) is 3.84. The van der Waals surface area contributed by atoms with E-state index in [-0.39, 0.29) is 18.5 Å². The molecule has 1 aromatic heterocycles. The minimum absolute atomic E-state index is 0.0498. The van der Waals surface area contributed by atoms with Crippen LogP contribution in [0.5, 0.6) is 0 Å². The van der Waals surface area contributed by atoms with Crippen LogP contribution >= 0.6 is 0 Å². The molecule has 2 N–H and O–H groups in total. The standard InChI is InChI=1S/C27H27N3O3S/c1-3-23(19-12-6-4-7-13-19)30-27(31)25-21-16-10-11-17-24(21)29-26(20-14-8-5-9-15-20)22(25)18-28-34(2,32)33/h4-17,23,28H,3,18H2,1-2H3,(H,30,31). The molecule has 0 aliphatic rings. The number of carbonyl (C=O) groups excluding carboxylic acids is 1. The van der Waals surface area contributed by atoms with Crippen LogP contribution in [-0.4, -0.2) is 25.6 Å². The van der Waals surface area contributed by atoms with Crippen LogP contribution in [-0.2, 0) is 16.6 Å². The van der Waals surface area contributed by atoms with Gasteiger partial charge in [0.15, 0.2) is 0 Å². The lowest BCUT2D eigenvalue weighted by Gasteiger charge is -2.21. The number of hydrogen-bond donors (Lipinski definition) is 2. The van der Waals surface area contributed by atoms with Crippen molar-refractivity contribution in [3.05, 3.63) is 102 Å². The summed E-state index contributed by atoms with van der Waals surface area (Å²) in [5.41, 5.74) is 4.03. The van der Waals surface area contributed by atoms with E-state index in [0.29, 0.717) is 34.1 Å². The molecule has 7 heteroatoms. The third-order valence-electron chi connectivity index (χ3n) is 5.69. The van der Waals surface area contributed by atoms with Crippen LogP contribution in [0.1, 0.15) is 40.9 Å². The first-order valence-corrected chi connectivity index (χ1v) is 13.0. The molecular formula is C27H27N3O3S. The van der Waals surface area contributed by atoms with E-state index < -0.39 is 10.0 Å². The number of para-hydroxylation sites is 1. The van der Waals surface area contributed by atoms with Crippen molar-refractivity contribution in [2.45, 2.75) is 25.9 Å². The number of aromatic nitrogens is 1. The fraction of sp³-hybridized carbons (Fsp3) is 0.185. The first-order chi connectivity index (χ1) is 16.4. The Bertz CT molecular complexity index is 1410. The molecule has 34 heavy (non-hydrogen) atoms. The maximum atomic E-state index is 13.8. The van der Waals surface area contributed by atoms with Gasteiger partial charge in [0.05, 0.1) is 29.1 Å². The van der Waals surface area contributed by atoms with E-state index in [9.17, 15) is 13.2 Å². The second kappa shape index (κ2) is 10.2. The molecule has 0 spiro atoms. The Labute approximate surface area is 200 Å². The topological polar surface area (TPSA) is 88.2 Å². The lowest BCUT2D eigenvalue weighted by atomic mass is 9.95. The SMILES string of the molecule is CCC(NC(=O)c1c(CNS(C)(=O)=O)c(-c2ccccc2)nc2ccccc12)c1ccccc1. The summed E-state index contributed by atoms with van der Waals surface area (Å²) in [6.07, 6.45) is 1.81. The maximum Gasteiger partial charge on any atom is 0.252 e. The van der Waals surface area contributed by atoms with Gasteiger partial charge in [-0.05, 0) is 18.1 Å². The molecule has 1 unspecified atom stereocenters. The number of pyridine rings is 1. The summed E-state index contributed by atoms with van der Waals surface area (Å²) in [6, 6.07) is 26.5. The largest absolute Gasteiger partial charge is 0.345 e. The molecule has 0 aliphatic carbocycles. The second-order valence-electron chi connectivity index (χ2n) is 8.14. The molecule has 0 saturated heterocycles. The van der Waals surface area contributed by atoms with Crippen LogP contribution in [0.2, 0.25) is 0 Å². The van der Waals surface area contributed by atoms with Crippen LogP contribution in [0.25, 0.3) is 22.2 Å². The fourth-order valence-electron chi connectivity index (χ4n) is 4.06. The van der Waals surface area contributed by atoms with Crippen LogP contribution < -0.4 is 10.0 Å². The monoisotopic (exact) mass is 473 g/mol. The number of rotatable bonds is 8. The molecule has 1 atom stereocenters. The summed E-state index contributed by atoms with van der Waals surface area (Å²) < 4.78 is 26.5. The normalized spacial score (nSPS) is 12.4. The Morgan fingerprint density at radius 3 is 2.18 bits per heavy atom. The van der Waals surface area contributed by atoms with E-state index >= 15 is 0 Å². The van der Waals surface area contributed by atoms with E-state index in [1.54, 1.807) is 0 Å². The van der Waals surface area contributed by atoms with Crippen molar-refractivity contribution in [1.29, 1.82) is 0 Å². The highest BCUT2D eigenvalue weighted by Crippen LogP contribution is 2.31. The van der Waals surface area contributed by atoms with E-state index in [1.165, 1.54) is 0 Å². The lowest BCUT2D eigenvalue weighted by molar-refractivity contribution is 0.0936. The highest BCUT2D eigenvalue weighted by molar-refractivity contribution is 7.88. The quantitative estimate of drug-likeness (QED) is 0.384. The average Bonchev–Trinajstić information content (AvgIpc) is 2.85. The lowest BCUT2D eigenvalue weighted by Crippen LogP contribution is -2.31. The summed E-state index contributed by atoms with van der Waals surface area (Å²) in [5.74, 6) is -0.267. The van der Waals surface area contributed by atoms with Crippen molar-refractivity contribution < 1.29 is 13.2 Å². The Kier molecular flexibility index (Phi) is 7.05. The van der Waals surface area contributed by atoms with Gasteiger partial charge >= 0.3 is 0 Å². The second-order valence-corrected chi connectivity index (χ2v) is 9.97. The molecule has 1 amide bonds. The van der Waals surface area contributed by atoms with Gasteiger partial charge in [0.1, 0.15) is 0 Å². The van der Waals surface area contributed by atoms with Gasteiger partial charge in [0, 0.05) is 23.1 Å². The van der Waals surface area contributed by atoms with Gasteiger partial charge in [-0.3, -0.25) is 4.79 Å². The minimum atomic E-state index is -3.50. The van der Waals surface area contributed by atoms with E-state index in [0.717, 1.165) is 17.4 Å². The molecule has 0 radical (unpaired) electrons. The number of benzene rings is 3. The van der Waals surface area contributed by atoms with Gasteiger partial charge < -0.3 is 5.32 Å². The predicted octanol–water partition coefficient (Wildman–Crippen LogP) is 4.83. The smallest absolute Gasteiger partial charge is 0.252 e. The first kappa shape index (κ1) is 23.6. The number of nitrogens with zero attached hydrogens (tertiary/aromatic N) is 1. The zero-order valence-electron chi connectivity index (χ0n) is 19.2. The predicted molar refractivity (Wildman–Crippen MR) is 136 cm³/mol. The summed E-state index contributed by atoms with van der Waals surface area (Å²) in [7, 11) is -3.50. The Hall–Kier alpha value is -3.55. The first-order valence-electron chi connectivity index (χ1n) is 11.1. The van der Waals surface area contributed by atoms with Gasteiger partial charge in [-0.15, -0.1) is 0 Å². The minimum Gasteiger partial charge on any atom is -0.345 e. The molecule has 1 heterocycles. The van der Waals surface area contributed by atoms with Crippen LogP contribution in [0.3, 0.4) is 0 Å². The van der Waals surface area contributed by atoms with Gasteiger partial charge in [-0.25, -0.2) is 18.1 Å². The molecule has 3 aromatic carbocycles. The Morgan fingerprint density at radius 2 is 1.53 bits per heavy atom. The van der Waals surface area contributed by atoms with Gasteiger partial charge in [0.25, 0.3) is 5.91 Å². The van der Waals surface area contributed by atoms with Crippen LogP contribution in [0.15, 0.2) is 84.9 Å². The number of carbonyl (C=O) groups is 1. The number of amides is 1. The van der Waals surface area contributed by atoms with Crippen LogP contribution in [0, 0.1) is 0 Å². The Balaban J connectivity index is 1.90. The van der Waals surface area contributed by atoms with Crippen molar-refractivity contribution >= 4 is 26.8 Å². The molecule has 0 bridgehead atoms. The van der Waals surface area contributed by atoms with Crippen molar-refractivity contribution in [1.82, 2.24) is 15.0 Å². The van der Waals surface area contributed by atoms with Crippen molar-refractivity contribution in [3.63, 3.8) is 0 Å². The molecular weight excluding hydrogens is 446 g/mol. The third kappa shape index (κ3) is 5.32. The number of sulfonamides is 1. The molecule has 0 fully saturated rings. The van der Waals surface area contributed by atoms with Crippen molar-refractivity contribution in [2.24, 2.45) is 0 Å². The summed E-state index contributed by atoms with van der Waals surface area (Å²) in [4.78, 5) is 18.6. The fourth-order valence-corrected chi connectivity index (χ4v) is 4.46. The average molecular weight is 474 g/mol. The molecule has 0 aliphatic heterocycles. The van der Waals surface area contributed by atoms with Gasteiger partial charge in [-0.1, -0.05) is 85.8 Å². The highest BCUT2D eigenvalue weighted by atomic mass is 32.2. The third-order valence-corrected chi connectivity index (χ3v) is 6.36. The molecule has 0 saturated carbocycles. The van der Waals surface area contributed by atoms with Crippen molar-refractivity contribution in [2.75, 3.05) is 6.26 Å². The molecule has 174 valence electrons. The zero-order chi connectivity index (χ0) is 24.1. The Morgan fingerprint density at radius 1 is 0.912 bits per heavy atom. The summed E-state index contributed by atoms with van der Waals surface area (Å²) >= 11 is 0. The molecule has 4 aromatic rings. The summed E-state index contributed by atoms with van der Waals surface area (Å²) in [6.45, 7) is 1.97. The van der Waals surface area contributed by atoms with E-state index in [4.69, 9.17) is 4.98 Å². The molecule has 4 rings (SSSR count). The van der Waals surface area contributed by atoms with Gasteiger partial charge in [-0.2, -0.15) is 0 Å². The zero-order valence-corrected chi connectivity index (χ0v) is 20.0. The maximum absolute atomic E-state index is 13.8. The number of fused-ring (bicyclic) bond motifs is 1. The van der Waals surface area contributed by atoms with Gasteiger partial charge in [0.2, 0.25) is 10.0 Å². The number of hydrogen-bond acceptors (Lipinski definition) is 4. The highest BCUT2D eigenvalue weighted by Gasteiger charge is 2.24. The molecule has 6 nitrogen and oxygen atoms in total. The van der Waals surface area contributed by atoms with E-state index in [2.05, 4.69) is 10.0 Å². The van der Waals surface area contributed by atoms with Crippen LogP contribution in [0.4, 0.5) is 0 Å². The van der Waals surface area contributed by atoms with Crippen molar-refractivity contribution in [3.8, 4) is 11.3 Å². The van der Waals surface area contributed by atoms with E-state index in [1.807, 2.05) is 91.9 Å². The number of nitrogens with one attached hydrogen (secondary N) is 2.